The number of ether oxygens (including phenoxy) is 1. The predicted octanol–water partition coefficient (Wildman–Crippen LogP) is -0.221. The highest BCUT2D eigenvalue weighted by Crippen LogP contribution is 2.18. The molecule has 2 heterocycles. The highest BCUT2D eigenvalue weighted by molar-refractivity contribution is 5.49. The Kier molecular flexibility index (Phi) is 5.51. The van der Waals surface area contributed by atoms with E-state index in [9.17, 15) is 0 Å². The first kappa shape index (κ1) is 15.0. The number of β-amino-alcohol motifs (C(OH)–C–C–N with tert-alkyl or cyclic N) is 1. The van der Waals surface area contributed by atoms with Gasteiger partial charge in [-0.2, -0.15) is 0 Å². The molecule has 0 radical (unpaired) electrons. The van der Waals surface area contributed by atoms with Gasteiger partial charge in [-0.3, -0.25) is 4.90 Å². The van der Waals surface area contributed by atoms with Gasteiger partial charge in [0.05, 0.1) is 6.61 Å². The molecule has 20 heavy (non-hydrogen) atoms. The highest BCUT2D eigenvalue weighted by atomic mass is 16.5. The number of nitrogens with one attached hydrogen (secondary N) is 1. The molecule has 0 atom stereocenters. The lowest BCUT2D eigenvalue weighted by Gasteiger charge is -2.35. The van der Waals surface area contributed by atoms with E-state index in [1.807, 2.05) is 13.1 Å². The molecule has 1 aromatic heterocycles. The number of aromatic nitrogens is 2. The van der Waals surface area contributed by atoms with E-state index in [1.54, 1.807) is 7.11 Å². The maximum atomic E-state index is 8.97. The first-order valence-corrected chi connectivity index (χ1v) is 6.89. The maximum absolute atomic E-state index is 8.97. The molecule has 7 nitrogen and oxygen atoms in total. The average molecular weight is 281 g/mol. The molecule has 0 amide bonds. The first-order valence-electron chi connectivity index (χ1n) is 6.89. The zero-order valence-corrected chi connectivity index (χ0v) is 12.2. The van der Waals surface area contributed by atoms with Gasteiger partial charge >= 0.3 is 0 Å². The molecule has 0 unspecified atom stereocenters. The minimum Gasteiger partial charge on any atom is -0.395 e. The molecular formula is C13H23N5O2. The molecule has 1 fully saturated rings. The van der Waals surface area contributed by atoms with Gasteiger partial charge in [-0.05, 0) is 0 Å². The van der Waals surface area contributed by atoms with Crippen LogP contribution in [0.1, 0.15) is 5.82 Å². The van der Waals surface area contributed by atoms with E-state index >= 15 is 0 Å². The first-order chi connectivity index (χ1) is 9.76. The van der Waals surface area contributed by atoms with Crippen molar-refractivity contribution in [2.75, 3.05) is 63.7 Å². The molecule has 0 saturated carbocycles. The van der Waals surface area contributed by atoms with E-state index < -0.39 is 0 Å². The van der Waals surface area contributed by atoms with E-state index in [1.165, 1.54) is 0 Å². The summed E-state index contributed by atoms with van der Waals surface area (Å²) in [5, 5.41) is 12.0. The Balaban J connectivity index is 2.06. The number of nitrogens with zero attached hydrogens (tertiary/aromatic N) is 4. The van der Waals surface area contributed by atoms with Crippen LogP contribution >= 0.6 is 0 Å². The number of aliphatic hydroxyl groups is 1. The molecular weight excluding hydrogens is 258 g/mol. The van der Waals surface area contributed by atoms with Crippen molar-refractivity contribution in [3.63, 3.8) is 0 Å². The molecule has 0 aromatic carbocycles. The number of aliphatic hydroxyl groups excluding tert-OH is 1. The number of anilines is 2. The van der Waals surface area contributed by atoms with Crippen LogP contribution in [0, 0.1) is 0 Å². The zero-order chi connectivity index (χ0) is 14.4. The maximum Gasteiger partial charge on any atom is 0.158 e. The lowest BCUT2D eigenvalue weighted by atomic mass is 10.3. The second kappa shape index (κ2) is 7.37. The number of hydrogen-bond donors (Lipinski definition) is 2. The van der Waals surface area contributed by atoms with Crippen LogP contribution in [-0.4, -0.2) is 73.5 Å². The quantitative estimate of drug-likeness (QED) is 0.746. The molecule has 2 rings (SSSR count). The summed E-state index contributed by atoms with van der Waals surface area (Å²) in [4.78, 5) is 13.4. The third-order valence-electron chi connectivity index (χ3n) is 3.40. The Morgan fingerprint density at radius 1 is 1.30 bits per heavy atom. The number of piperazine rings is 1. The molecule has 0 aliphatic carbocycles. The molecule has 0 spiro atoms. The van der Waals surface area contributed by atoms with Crippen molar-refractivity contribution < 1.29 is 9.84 Å². The summed E-state index contributed by atoms with van der Waals surface area (Å²) >= 11 is 0. The molecule has 1 aliphatic rings. The van der Waals surface area contributed by atoms with Crippen molar-refractivity contribution in [2.45, 2.75) is 6.61 Å². The number of methoxy groups -OCH3 is 1. The normalized spacial score (nSPS) is 16.4. The van der Waals surface area contributed by atoms with Gasteiger partial charge in [0.25, 0.3) is 0 Å². The SMILES string of the molecule is CNc1cc(N2CCN(CCO)CC2)nc(COC)n1. The lowest BCUT2D eigenvalue weighted by molar-refractivity contribution is 0.177. The van der Waals surface area contributed by atoms with E-state index in [0.29, 0.717) is 12.4 Å². The summed E-state index contributed by atoms with van der Waals surface area (Å²) < 4.78 is 5.11. The monoisotopic (exact) mass is 281 g/mol. The van der Waals surface area contributed by atoms with Crippen molar-refractivity contribution in [1.29, 1.82) is 0 Å². The Labute approximate surface area is 119 Å². The van der Waals surface area contributed by atoms with Gasteiger partial charge in [-0.15, -0.1) is 0 Å². The molecule has 1 saturated heterocycles. The van der Waals surface area contributed by atoms with Gasteiger partial charge in [0.2, 0.25) is 0 Å². The highest BCUT2D eigenvalue weighted by Gasteiger charge is 2.18. The Morgan fingerprint density at radius 2 is 2.05 bits per heavy atom. The van der Waals surface area contributed by atoms with Gasteiger partial charge in [0.1, 0.15) is 18.2 Å². The van der Waals surface area contributed by atoms with Crippen molar-refractivity contribution >= 4 is 11.6 Å². The smallest absolute Gasteiger partial charge is 0.158 e. The van der Waals surface area contributed by atoms with Crippen molar-refractivity contribution in [3.8, 4) is 0 Å². The Morgan fingerprint density at radius 3 is 2.65 bits per heavy atom. The van der Waals surface area contributed by atoms with E-state index in [2.05, 4.69) is 25.1 Å². The number of rotatable bonds is 6. The minimum absolute atomic E-state index is 0.218. The largest absolute Gasteiger partial charge is 0.395 e. The summed E-state index contributed by atoms with van der Waals surface area (Å²) in [6, 6.07) is 1.96. The van der Waals surface area contributed by atoms with Crippen molar-refractivity contribution in [1.82, 2.24) is 14.9 Å². The van der Waals surface area contributed by atoms with Gasteiger partial charge in [0, 0.05) is 52.9 Å². The average Bonchev–Trinajstić information content (AvgIpc) is 2.48. The molecule has 1 aliphatic heterocycles. The fourth-order valence-corrected chi connectivity index (χ4v) is 2.31. The van der Waals surface area contributed by atoms with E-state index in [0.717, 1.165) is 44.4 Å². The molecule has 0 bridgehead atoms. The summed E-state index contributed by atoms with van der Waals surface area (Å²) in [6.07, 6.45) is 0. The van der Waals surface area contributed by atoms with Crippen LogP contribution in [0.5, 0.6) is 0 Å². The summed E-state index contributed by atoms with van der Waals surface area (Å²) in [5.74, 6) is 2.42. The van der Waals surface area contributed by atoms with E-state index in [4.69, 9.17) is 9.84 Å². The van der Waals surface area contributed by atoms with Gasteiger partial charge < -0.3 is 20.1 Å². The fraction of sp³-hybridized carbons (Fsp3) is 0.692. The van der Waals surface area contributed by atoms with Crippen LogP contribution in [0.25, 0.3) is 0 Å². The number of hydrogen-bond acceptors (Lipinski definition) is 7. The summed E-state index contributed by atoms with van der Waals surface area (Å²) in [5.41, 5.74) is 0. The second-order valence-corrected chi connectivity index (χ2v) is 4.76. The summed E-state index contributed by atoms with van der Waals surface area (Å²) in [7, 11) is 3.49. The second-order valence-electron chi connectivity index (χ2n) is 4.76. The van der Waals surface area contributed by atoms with E-state index in [-0.39, 0.29) is 6.61 Å². The van der Waals surface area contributed by atoms with Crippen LogP contribution in [0.15, 0.2) is 6.07 Å². The van der Waals surface area contributed by atoms with Crippen LogP contribution in [-0.2, 0) is 11.3 Å². The zero-order valence-electron chi connectivity index (χ0n) is 12.2. The van der Waals surface area contributed by atoms with Crippen molar-refractivity contribution in [3.05, 3.63) is 11.9 Å². The Hall–Kier alpha value is -1.44. The van der Waals surface area contributed by atoms with Crippen LogP contribution in [0.2, 0.25) is 0 Å². The van der Waals surface area contributed by atoms with Crippen molar-refractivity contribution in [2.24, 2.45) is 0 Å². The standard InChI is InChI=1S/C13H23N5O2/c1-14-11-9-13(16-12(15-11)10-20-2)18-5-3-17(4-6-18)7-8-19/h9,19H,3-8,10H2,1-2H3,(H,14,15,16). The van der Waals surface area contributed by atoms with Crippen LogP contribution in [0.4, 0.5) is 11.6 Å². The molecule has 112 valence electrons. The van der Waals surface area contributed by atoms with Gasteiger partial charge in [-0.25, -0.2) is 9.97 Å². The lowest BCUT2D eigenvalue weighted by Crippen LogP contribution is -2.47. The molecule has 1 aromatic rings. The summed E-state index contributed by atoms with van der Waals surface area (Å²) in [6.45, 7) is 5.08. The fourth-order valence-electron chi connectivity index (χ4n) is 2.31. The predicted molar refractivity (Wildman–Crippen MR) is 78.0 cm³/mol. The van der Waals surface area contributed by atoms with Gasteiger partial charge in [-0.1, -0.05) is 0 Å². The van der Waals surface area contributed by atoms with Gasteiger partial charge in [0.15, 0.2) is 5.82 Å². The molecule has 7 heteroatoms. The Bertz CT molecular complexity index is 421. The van der Waals surface area contributed by atoms with Crippen LogP contribution in [0.3, 0.4) is 0 Å². The van der Waals surface area contributed by atoms with Crippen LogP contribution < -0.4 is 10.2 Å². The third kappa shape index (κ3) is 3.78. The molecule has 2 N–H and O–H groups in total. The minimum atomic E-state index is 0.218. The topological polar surface area (TPSA) is 73.8 Å². The third-order valence-corrected chi connectivity index (χ3v) is 3.40.